The fourth-order valence-electron chi connectivity index (χ4n) is 1.60. The second kappa shape index (κ2) is 4.54. The number of aryl methyl sites for hydroxylation is 1. The van der Waals surface area contributed by atoms with Crippen LogP contribution in [-0.2, 0) is 0 Å². The number of halogens is 1. The molecule has 1 aromatic carbocycles. The second-order valence-electron chi connectivity index (χ2n) is 3.54. The first-order chi connectivity index (χ1) is 7.70. The van der Waals surface area contributed by atoms with Gasteiger partial charge < -0.3 is 4.74 Å². The molecule has 0 spiro atoms. The first-order valence-corrected chi connectivity index (χ1v) is 5.35. The van der Waals surface area contributed by atoms with Crippen molar-refractivity contribution in [2.24, 2.45) is 0 Å². The van der Waals surface area contributed by atoms with Crippen molar-refractivity contribution in [1.82, 2.24) is 4.98 Å². The van der Waals surface area contributed by atoms with E-state index in [-0.39, 0.29) is 0 Å². The Morgan fingerprint density at radius 2 is 2.00 bits per heavy atom. The van der Waals surface area contributed by atoms with Gasteiger partial charge in [0.2, 0.25) is 0 Å². The van der Waals surface area contributed by atoms with E-state index < -0.39 is 0 Å². The monoisotopic (exact) mass is 233 g/mol. The molecule has 0 fully saturated rings. The third-order valence-electron chi connectivity index (χ3n) is 2.43. The van der Waals surface area contributed by atoms with E-state index >= 15 is 0 Å². The molecule has 0 unspecified atom stereocenters. The van der Waals surface area contributed by atoms with Gasteiger partial charge in [-0.25, -0.2) is 0 Å². The number of aromatic nitrogens is 1. The summed E-state index contributed by atoms with van der Waals surface area (Å²) >= 11 is 5.94. The highest BCUT2D eigenvalue weighted by Crippen LogP contribution is 2.26. The zero-order valence-electron chi connectivity index (χ0n) is 9.20. The van der Waals surface area contributed by atoms with E-state index in [1.54, 1.807) is 19.4 Å². The number of ether oxygens (including phenoxy) is 1. The Labute approximate surface area is 99.9 Å². The lowest BCUT2D eigenvalue weighted by atomic mass is 10.0. The van der Waals surface area contributed by atoms with Gasteiger partial charge in [0.25, 0.3) is 0 Å². The Hall–Kier alpha value is -1.54. The van der Waals surface area contributed by atoms with Crippen LogP contribution >= 0.6 is 11.6 Å². The SMILES string of the molecule is COc1ccc(-c2cc(Cl)ccn2)c(C)c1. The summed E-state index contributed by atoms with van der Waals surface area (Å²) in [5, 5.41) is 0.695. The summed E-state index contributed by atoms with van der Waals surface area (Å²) in [6.07, 6.45) is 1.71. The number of benzene rings is 1. The fourth-order valence-corrected chi connectivity index (χ4v) is 1.76. The first kappa shape index (κ1) is 11.0. The Bertz CT molecular complexity index is 511. The van der Waals surface area contributed by atoms with Gasteiger partial charge in [-0.1, -0.05) is 11.6 Å². The smallest absolute Gasteiger partial charge is 0.119 e. The molecule has 0 saturated carbocycles. The zero-order valence-corrected chi connectivity index (χ0v) is 9.95. The third-order valence-corrected chi connectivity index (χ3v) is 2.67. The van der Waals surface area contributed by atoms with E-state index in [1.807, 2.05) is 31.2 Å². The average molecular weight is 234 g/mol. The molecule has 2 aromatic rings. The van der Waals surface area contributed by atoms with Crippen molar-refractivity contribution >= 4 is 11.6 Å². The highest BCUT2D eigenvalue weighted by atomic mass is 35.5. The molecule has 3 heteroatoms. The maximum Gasteiger partial charge on any atom is 0.119 e. The average Bonchev–Trinajstić information content (AvgIpc) is 2.28. The zero-order chi connectivity index (χ0) is 11.5. The molecule has 1 heterocycles. The minimum atomic E-state index is 0.695. The van der Waals surface area contributed by atoms with Crippen molar-refractivity contribution < 1.29 is 4.74 Å². The number of hydrogen-bond acceptors (Lipinski definition) is 2. The molecule has 0 bridgehead atoms. The molecule has 16 heavy (non-hydrogen) atoms. The summed E-state index contributed by atoms with van der Waals surface area (Å²) in [6.45, 7) is 2.03. The number of rotatable bonds is 2. The molecule has 0 saturated heterocycles. The molecule has 2 rings (SSSR count). The summed E-state index contributed by atoms with van der Waals surface area (Å²) in [5.74, 6) is 0.850. The maximum absolute atomic E-state index is 5.94. The van der Waals surface area contributed by atoms with Crippen LogP contribution in [0.5, 0.6) is 5.75 Å². The van der Waals surface area contributed by atoms with E-state index in [0.29, 0.717) is 5.02 Å². The van der Waals surface area contributed by atoms with Crippen LogP contribution in [0.15, 0.2) is 36.5 Å². The van der Waals surface area contributed by atoms with Crippen molar-refractivity contribution in [2.45, 2.75) is 6.92 Å². The predicted molar refractivity (Wildman–Crippen MR) is 66.0 cm³/mol. The van der Waals surface area contributed by atoms with Crippen molar-refractivity contribution in [2.75, 3.05) is 7.11 Å². The van der Waals surface area contributed by atoms with Crippen LogP contribution in [0, 0.1) is 6.92 Å². The van der Waals surface area contributed by atoms with E-state index in [4.69, 9.17) is 16.3 Å². The van der Waals surface area contributed by atoms with E-state index in [9.17, 15) is 0 Å². The highest BCUT2D eigenvalue weighted by Gasteiger charge is 2.04. The highest BCUT2D eigenvalue weighted by molar-refractivity contribution is 6.30. The number of methoxy groups -OCH3 is 1. The van der Waals surface area contributed by atoms with Gasteiger partial charge >= 0.3 is 0 Å². The van der Waals surface area contributed by atoms with Crippen LogP contribution < -0.4 is 4.74 Å². The van der Waals surface area contributed by atoms with Gasteiger partial charge in [-0.15, -0.1) is 0 Å². The summed E-state index contributed by atoms with van der Waals surface area (Å²) in [4.78, 5) is 4.30. The largest absolute Gasteiger partial charge is 0.497 e. The summed E-state index contributed by atoms with van der Waals surface area (Å²) in [6, 6.07) is 9.52. The Balaban J connectivity index is 2.48. The standard InChI is InChI=1S/C13H12ClNO/c1-9-7-11(16-2)3-4-12(9)13-8-10(14)5-6-15-13/h3-8H,1-2H3. The van der Waals surface area contributed by atoms with Crippen molar-refractivity contribution in [1.29, 1.82) is 0 Å². The maximum atomic E-state index is 5.94. The van der Waals surface area contributed by atoms with Crippen LogP contribution in [0.3, 0.4) is 0 Å². The lowest BCUT2D eigenvalue weighted by Crippen LogP contribution is -1.89. The van der Waals surface area contributed by atoms with Gasteiger partial charge in [0, 0.05) is 16.8 Å². The molecule has 0 atom stereocenters. The van der Waals surface area contributed by atoms with Crippen LogP contribution in [-0.4, -0.2) is 12.1 Å². The molecule has 0 amide bonds. The van der Waals surface area contributed by atoms with Crippen LogP contribution in [0.1, 0.15) is 5.56 Å². The molecular weight excluding hydrogens is 222 g/mol. The van der Waals surface area contributed by atoms with Crippen molar-refractivity contribution in [3.63, 3.8) is 0 Å². The molecule has 2 nitrogen and oxygen atoms in total. The van der Waals surface area contributed by atoms with Crippen LogP contribution in [0.25, 0.3) is 11.3 Å². The van der Waals surface area contributed by atoms with Gasteiger partial charge in [-0.2, -0.15) is 0 Å². The van der Waals surface area contributed by atoms with E-state index in [0.717, 1.165) is 22.6 Å². The van der Waals surface area contributed by atoms with Crippen molar-refractivity contribution in [3.05, 3.63) is 47.1 Å². The number of pyridine rings is 1. The quantitative estimate of drug-likeness (QED) is 0.789. The van der Waals surface area contributed by atoms with Gasteiger partial charge in [0.1, 0.15) is 5.75 Å². The number of nitrogens with zero attached hydrogens (tertiary/aromatic N) is 1. The van der Waals surface area contributed by atoms with Gasteiger partial charge in [0.15, 0.2) is 0 Å². The normalized spacial score (nSPS) is 10.2. The molecule has 0 N–H and O–H groups in total. The van der Waals surface area contributed by atoms with E-state index in [1.165, 1.54) is 0 Å². The molecule has 0 aliphatic carbocycles. The topological polar surface area (TPSA) is 22.1 Å². The molecule has 1 aromatic heterocycles. The summed E-state index contributed by atoms with van der Waals surface area (Å²) in [5.41, 5.74) is 3.07. The fraction of sp³-hybridized carbons (Fsp3) is 0.154. The first-order valence-electron chi connectivity index (χ1n) is 4.97. The van der Waals surface area contributed by atoms with Gasteiger partial charge in [0.05, 0.1) is 12.8 Å². The predicted octanol–water partition coefficient (Wildman–Crippen LogP) is 3.72. The lowest BCUT2D eigenvalue weighted by molar-refractivity contribution is 0.414. The van der Waals surface area contributed by atoms with Crippen LogP contribution in [0.2, 0.25) is 5.02 Å². The summed E-state index contributed by atoms with van der Waals surface area (Å²) in [7, 11) is 1.66. The van der Waals surface area contributed by atoms with E-state index in [2.05, 4.69) is 4.98 Å². The molecule has 0 aliphatic rings. The molecule has 82 valence electrons. The summed E-state index contributed by atoms with van der Waals surface area (Å²) < 4.78 is 5.16. The van der Waals surface area contributed by atoms with Gasteiger partial charge in [-0.05, 0) is 42.8 Å². The Morgan fingerprint density at radius 3 is 2.62 bits per heavy atom. The minimum absolute atomic E-state index is 0.695. The Kier molecular flexibility index (Phi) is 3.11. The Morgan fingerprint density at radius 1 is 1.19 bits per heavy atom. The number of hydrogen-bond donors (Lipinski definition) is 0. The van der Waals surface area contributed by atoms with Crippen LogP contribution in [0.4, 0.5) is 0 Å². The lowest BCUT2D eigenvalue weighted by Gasteiger charge is -2.07. The molecule has 0 radical (unpaired) electrons. The van der Waals surface area contributed by atoms with Gasteiger partial charge in [-0.3, -0.25) is 4.98 Å². The molecular formula is C13H12ClNO. The second-order valence-corrected chi connectivity index (χ2v) is 3.98. The van der Waals surface area contributed by atoms with Crippen molar-refractivity contribution in [3.8, 4) is 17.0 Å². The third kappa shape index (κ3) is 2.17. The minimum Gasteiger partial charge on any atom is -0.497 e. The molecule has 0 aliphatic heterocycles.